The molecule has 0 aliphatic heterocycles. The average Bonchev–Trinajstić information content (AvgIpc) is 3.27. The third kappa shape index (κ3) is 4.35. The Bertz CT molecular complexity index is 1020. The topological polar surface area (TPSA) is 44.1 Å². The van der Waals surface area contributed by atoms with Gasteiger partial charge >= 0.3 is 5.97 Å². The van der Waals surface area contributed by atoms with Crippen LogP contribution in [0.15, 0.2) is 97.3 Å². The highest BCUT2D eigenvalue weighted by atomic mass is 16.5. The molecule has 0 unspecified atom stereocenters. The standard InChI is InChI=1S/C24H20N2O2/c27-24(23-13-7-19(8-14-23)17-26-16-4-15-25-26)28-18-20-9-11-22(12-10-20)21-5-2-1-3-6-21/h1-16H,17-18H2. The Kier molecular flexibility index (Phi) is 5.29. The Balaban J connectivity index is 1.34. The quantitative estimate of drug-likeness (QED) is 0.452. The van der Waals surface area contributed by atoms with E-state index in [2.05, 4.69) is 17.2 Å². The fraction of sp³-hybridized carbons (Fsp3) is 0.0833. The molecule has 0 fully saturated rings. The van der Waals surface area contributed by atoms with Crippen LogP contribution in [0.1, 0.15) is 21.5 Å². The zero-order valence-corrected chi connectivity index (χ0v) is 15.4. The highest BCUT2D eigenvalue weighted by Gasteiger charge is 2.08. The zero-order valence-electron chi connectivity index (χ0n) is 15.4. The summed E-state index contributed by atoms with van der Waals surface area (Å²) in [7, 11) is 0. The predicted molar refractivity (Wildman–Crippen MR) is 109 cm³/mol. The molecule has 0 saturated heterocycles. The fourth-order valence-corrected chi connectivity index (χ4v) is 2.98. The summed E-state index contributed by atoms with van der Waals surface area (Å²) >= 11 is 0. The molecule has 0 aliphatic rings. The van der Waals surface area contributed by atoms with Gasteiger partial charge in [0.2, 0.25) is 0 Å². The summed E-state index contributed by atoms with van der Waals surface area (Å²) in [4.78, 5) is 12.3. The molecule has 0 atom stereocenters. The number of carbonyl (C=O) groups excluding carboxylic acids is 1. The van der Waals surface area contributed by atoms with Gasteiger partial charge in [0.05, 0.1) is 12.1 Å². The summed E-state index contributed by atoms with van der Waals surface area (Å²) in [5, 5.41) is 4.18. The molecule has 0 bridgehead atoms. The van der Waals surface area contributed by atoms with E-state index in [-0.39, 0.29) is 12.6 Å². The summed E-state index contributed by atoms with van der Waals surface area (Å²) in [6.07, 6.45) is 3.66. The number of hydrogen-bond acceptors (Lipinski definition) is 3. The van der Waals surface area contributed by atoms with E-state index in [9.17, 15) is 4.79 Å². The number of carbonyl (C=O) groups is 1. The minimum Gasteiger partial charge on any atom is -0.457 e. The van der Waals surface area contributed by atoms with Crippen LogP contribution in [0.25, 0.3) is 11.1 Å². The maximum absolute atomic E-state index is 12.3. The molecule has 4 aromatic rings. The van der Waals surface area contributed by atoms with Crippen molar-refractivity contribution in [3.63, 3.8) is 0 Å². The lowest BCUT2D eigenvalue weighted by Gasteiger charge is -2.07. The first-order valence-electron chi connectivity index (χ1n) is 9.16. The number of aromatic nitrogens is 2. The summed E-state index contributed by atoms with van der Waals surface area (Å²) < 4.78 is 7.29. The molecular weight excluding hydrogens is 348 g/mol. The number of ether oxygens (including phenoxy) is 1. The molecule has 138 valence electrons. The SMILES string of the molecule is O=C(OCc1ccc(-c2ccccc2)cc1)c1ccc(Cn2cccn2)cc1. The first-order valence-corrected chi connectivity index (χ1v) is 9.16. The summed E-state index contributed by atoms with van der Waals surface area (Å²) in [5.74, 6) is -0.322. The number of nitrogens with zero attached hydrogens (tertiary/aromatic N) is 2. The lowest BCUT2D eigenvalue weighted by Crippen LogP contribution is -2.06. The van der Waals surface area contributed by atoms with E-state index in [1.54, 1.807) is 18.3 Å². The Morgan fingerprint density at radius 1 is 0.786 bits per heavy atom. The van der Waals surface area contributed by atoms with Gasteiger partial charge in [0.25, 0.3) is 0 Å². The van der Waals surface area contributed by atoms with Crippen LogP contribution in [-0.4, -0.2) is 15.7 Å². The molecule has 4 rings (SSSR count). The predicted octanol–water partition coefficient (Wildman–Crippen LogP) is 4.96. The van der Waals surface area contributed by atoms with Gasteiger partial charge in [-0.2, -0.15) is 5.10 Å². The second-order valence-corrected chi connectivity index (χ2v) is 6.54. The molecule has 3 aromatic carbocycles. The minimum atomic E-state index is -0.322. The molecule has 4 heteroatoms. The minimum absolute atomic E-state index is 0.253. The largest absolute Gasteiger partial charge is 0.457 e. The van der Waals surface area contributed by atoms with Gasteiger partial charge < -0.3 is 4.74 Å². The number of benzene rings is 3. The van der Waals surface area contributed by atoms with E-state index in [1.165, 1.54) is 5.56 Å². The van der Waals surface area contributed by atoms with Gasteiger partial charge in [0, 0.05) is 12.4 Å². The van der Waals surface area contributed by atoms with Crippen molar-refractivity contribution in [2.45, 2.75) is 13.2 Å². The van der Waals surface area contributed by atoms with Crippen LogP contribution in [0.3, 0.4) is 0 Å². The maximum atomic E-state index is 12.3. The van der Waals surface area contributed by atoms with Crippen LogP contribution in [0.2, 0.25) is 0 Å². The molecule has 28 heavy (non-hydrogen) atoms. The second-order valence-electron chi connectivity index (χ2n) is 6.54. The Morgan fingerprint density at radius 2 is 1.46 bits per heavy atom. The average molecular weight is 368 g/mol. The Labute approximate surface area is 164 Å². The lowest BCUT2D eigenvalue weighted by atomic mass is 10.0. The van der Waals surface area contributed by atoms with Crippen LogP contribution in [0.5, 0.6) is 0 Å². The van der Waals surface area contributed by atoms with Crippen LogP contribution >= 0.6 is 0 Å². The highest BCUT2D eigenvalue weighted by molar-refractivity contribution is 5.89. The van der Waals surface area contributed by atoms with Gasteiger partial charge in [-0.25, -0.2) is 4.79 Å². The number of hydrogen-bond donors (Lipinski definition) is 0. The van der Waals surface area contributed by atoms with Crippen molar-refractivity contribution < 1.29 is 9.53 Å². The molecule has 1 aromatic heterocycles. The van der Waals surface area contributed by atoms with E-state index >= 15 is 0 Å². The third-order valence-corrected chi connectivity index (χ3v) is 4.52. The van der Waals surface area contributed by atoms with Crippen LogP contribution in [0.4, 0.5) is 0 Å². The zero-order chi connectivity index (χ0) is 19.2. The highest BCUT2D eigenvalue weighted by Crippen LogP contribution is 2.19. The molecule has 0 N–H and O–H groups in total. The van der Waals surface area contributed by atoms with Crippen LogP contribution in [-0.2, 0) is 17.9 Å². The van der Waals surface area contributed by atoms with E-state index < -0.39 is 0 Å². The van der Waals surface area contributed by atoms with Gasteiger partial charge in [-0.15, -0.1) is 0 Å². The summed E-state index contributed by atoms with van der Waals surface area (Å²) in [6.45, 7) is 0.930. The first kappa shape index (κ1) is 17.7. The van der Waals surface area contributed by atoms with E-state index in [0.29, 0.717) is 12.1 Å². The fourth-order valence-electron chi connectivity index (χ4n) is 2.98. The smallest absolute Gasteiger partial charge is 0.338 e. The first-order chi connectivity index (χ1) is 13.8. The second kappa shape index (κ2) is 8.35. The molecule has 4 nitrogen and oxygen atoms in total. The molecular formula is C24H20N2O2. The molecule has 0 radical (unpaired) electrons. The van der Waals surface area contributed by atoms with Gasteiger partial charge in [0.15, 0.2) is 0 Å². The van der Waals surface area contributed by atoms with Crippen molar-refractivity contribution >= 4 is 5.97 Å². The normalized spacial score (nSPS) is 10.6. The molecule has 0 amide bonds. The van der Waals surface area contributed by atoms with Crippen molar-refractivity contribution in [1.82, 2.24) is 9.78 Å². The van der Waals surface area contributed by atoms with Crippen molar-refractivity contribution in [2.24, 2.45) is 0 Å². The van der Waals surface area contributed by atoms with E-state index in [1.807, 2.05) is 71.5 Å². The summed E-state index contributed by atoms with van der Waals surface area (Å²) in [6, 6.07) is 27.6. The molecule has 0 aliphatic carbocycles. The van der Waals surface area contributed by atoms with Crippen molar-refractivity contribution in [3.05, 3.63) is 114 Å². The van der Waals surface area contributed by atoms with Crippen molar-refractivity contribution in [3.8, 4) is 11.1 Å². The molecule has 0 saturated carbocycles. The molecule has 1 heterocycles. The van der Waals surface area contributed by atoms with Gasteiger partial charge in [-0.05, 0) is 40.5 Å². The van der Waals surface area contributed by atoms with E-state index in [4.69, 9.17) is 4.74 Å². The number of rotatable bonds is 6. The maximum Gasteiger partial charge on any atom is 0.338 e. The monoisotopic (exact) mass is 368 g/mol. The Hall–Kier alpha value is -3.66. The molecule has 0 spiro atoms. The third-order valence-electron chi connectivity index (χ3n) is 4.52. The number of esters is 1. The lowest BCUT2D eigenvalue weighted by molar-refractivity contribution is 0.0472. The Morgan fingerprint density at radius 3 is 2.14 bits per heavy atom. The van der Waals surface area contributed by atoms with Crippen LogP contribution in [0, 0.1) is 0 Å². The summed E-state index contributed by atoms with van der Waals surface area (Å²) in [5.41, 5.74) is 4.90. The van der Waals surface area contributed by atoms with Crippen molar-refractivity contribution in [1.29, 1.82) is 0 Å². The van der Waals surface area contributed by atoms with Crippen molar-refractivity contribution in [2.75, 3.05) is 0 Å². The van der Waals surface area contributed by atoms with E-state index in [0.717, 1.165) is 16.7 Å². The van der Waals surface area contributed by atoms with Gasteiger partial charge in [-0.3, -0.25) is 4.68 Å². The van der Waals surface area contributed by atoms with Gasteiger partial charge in [-0.1, -0.05) is 66.7 Å². The van der Waals surface area contributed by atoms with Crippen LogP contribution < -0.4 is 0 Å². The van der Waals surface area contributed by atoms with Gasteiger partial charge in [0.1, 0.15) is 6.61 Å².